The first kappa shape index (κ1) is 20.6. The van der Waals surface area contributed by atoms with Gasteiger partial charge in [0.15, 0.2) is 5.82 Å². The third-order valence-electron chi connectivity index (χ3n) is 4.74. The highest BCUT2D eigenvalue weighted by atomic mass is 35.5. The standard InChI is InChI=1S/C25H21ClN4O/c1-18-11-14-20(15-12-18)24-28-25(27-17-21-9-5-6-10-22(21)26)30(29-24)23(31)16-13-19-7-3-2-4-8-19/h2-16H,17H2,1H3,(H,27,28,29). The van der Waals surface area contributed by atoms with Gasteiger partial charge in [-0.1, -0.05) is 90.0 Å². The van der Waals surface area contributed by atoms with E-state index >= 15 is 0 Å². The molecule has 154 valence electrons. The van der Waals surface area contributed by atoms with Crippen molar-refractivity contribution in [3.63, 3.8) is 0 Å². The van der Waals surface area contributed by atoms with E-state index in [-0.39, 0.29) is 5.91 Å². The second-order valence-corrected chi connectivity index (χ2v) is 7.47. The van der Waals surface area contributed by atoms with E-state index in [9.17, 15) is 4.79 Å². The van der Waals surface area contributed by atoms with Crippen LogP contribution in [-0.4, -0.2) is 20.7 Å². The lowest BCUT2D eigenvalue weighted by atomic mass is 10.1. The summed E-state index contributed by atoms with van der Waals surface area (Å²) in [5.41, 5.74) is 3.82. The summed E-state index contributed by atoms with van der Waals surface area (Å²) in [6.45, 7) is 2.44. The summed E-state index contributed by atoms with van der Waals surface area (Å²) in [7, 11) is 0. The van der Waals surface area contributed by atoms with Crippen molar-refractivity contribution < 1.29 is 4.79 Å². The molecular formula is C25H21ClN4O. The Hall–Kier alpha value is -3.70. The van der Waals surface area contributed by atoms with Gasteiger partial charge in [-0.2, -0.15) is 9.67 Å². The normalized spacial score (nSPS) is 11.0. The maximum absolute atomic E-state index is 12.9. The number of anilines is 1. The molecule has 0 amide bonds. The minimum absolute atomic E-state index is 0.295. The minimum atomic E-state index is -0.295. The first-order valence-corrected chi connectivity index (χ1v) is 10.3. The molecule has 4 aromatic rings. The topological polar surface area (TPSA) is 59.8 Å². The molecule has 6 heteroatoms. The lowest BCUT2D eigenvalue weighted by molar-refractivity contribution is 0.0957. The summed E-state index contributed by atoms with van der Waals surface area (Å²) in [4.78, 5) is 17.5. The number of hydrogen-bond acceptors (Lipinski definition) is 4. The Kier molecular flexibility index (Phi) is 6.24. The van der Waals surface area contributed by atoms with Gasteiger partial charge in [0.25, 0.3) is 5.91 Å². The fraction of sp³-hybridized carbons (Fsp3) is 0.0800. The predicted octanol–water partition coefficient (Wildman–Crippen LogP) is 5.87. The second-order valence-electron chi connectivity index (χ2n) is 7.06. The predicted molar refractivity (Wildman–Crippen MR) is 125 cm³/mol. The number of nitrogens with one attached hydrogen (secondary N) is 1. The molecule has 0 aliphatic rings. The van der Waals surface area contributed by atoms with Gasteiger partial charge >= 0.3 is 0 Å². The lowest BCUT2D eigenvalue weighted by Crippen LogP contribution is -2.14. The van der Waals surface area contributed by atoms with Gasteiger partial charge in [0, 0.05) is 23.2 Å². The number of carbonyl (C=O) groups excluding carboxylic acids is 1. The average Bonchev–Trinajstić information content (AvgIpc) is 3.22. The summed E-state index contributed by atoms with van der Waals surface area (Å²) in [6, 6.07) is 25.0. The maximum Gasteiger partial charge on any atom is 0.274 e. The molecule has 0 spiro atoms. The highest BCUT2D eigenvalue weighted by Crippen LogP contribution is 2.21. The lowest BCUT2D eigenvalue weighted by Gasteiger charge is -2.07. The summed E-state index contributed by atoms with van der Waals surface area (Å²) in [6.07, 6.45) is 3.25. The van der Waals surface area contributed by atoms with Crippen LogP contribution in [-0.2, 0) is 6.54 Å². The van der Waals surface area contributed by atoms with Crippen LogP contribution in [0.2, 0.25) is 5.02 Å². The van der Waals surface area contributed by atoms with E-state index in [4.69, 9.17) is 11.6 Å². The van der Waals surface area contributed by atoms with Gasteiger partial charge in [0.2, 0.25) is 5.95 Å². The van der Waals surface area contributed by atoms with E-state index in [2.05, 4.69) is 15.4 Å². The molecule has 4 rings (SSSR count). The molecular weight excluding hydrogens is 408 g/mol. The zero-order valence-corrected chi connectivity index (χ0v) is 17.8. The van der Waals surface area contributed by atoms with Crippen LogP contribution < -0.4 is 5.32 Å². The van der Waals surface area contributed by atoms with Crippen molar-refractivity contribution in [3.05, 3.63) is 107 Å². The maximum atomic E-state index is 12.9. The summed E-state index contributed by atoms with van der Waals surface area (Å²) in [5.74, 6) is 0.540. The Morgan fingerprint density at radius 1 is 1.00 bits per heavy atom. The molecule has 3 aromatic carbocycles. The number of hydrogen-bond donors (Lipinski definition) is 1. The van der Waals surface area contributed by atoms with E-state index in [0.29, 0.717) is 23.3 Å². The fourth-order valence-electron chi connectivity index (χ4n) is 3.02. The molecule has 0 bridgehead atoms. The molecule has 0 unspecified atom stereocenters. The van der Waals surface area contributed by atoms with Gasteiger partial charge in [0.1, 0.15) is 0 Å². The largest absolute Gasteiger partial charge is 0.350 e. The van der Waals surface area contributed by atoms with Gasteiger partial charge in [-0.3, -0.25) is 4.79 Å². The smallest absolute Gasteiger partial charge is 0.274 e. The molecule has 1 heterocycles. The van der Waals surface area contributed by atoms with Gasteiger partial charge in [-0.05, 0) is 30.2 Å². The van der Waals surface area contributed by atoms with E-state index in [1.807, 2.05) is 85.8 Å². The minimum Gasteiger partial charge on any atom is -0.350 e. The molecule has 5 nitrogen and oxygen atoms in total. The first-order chi connectivity index (χ1) is 15.1. The Morgan fingerprint density at radius 2 is 1.71 bits per heavy atom. The van der Waals surface area contributed by atoms with Crippen molar-refractivity contribution in [1.29, 1.82) is 0 Å². The van der Waals surface area contributed by atoms with Crippen LogP contribution in [0, 0.1) is 6.92 Å². The van der Waals surface area contributed by atoms with Crippen molar-refractivity contribution in [2.45, 2.75) is 13.5 Å². The van der Waals surface area contributed by atoms with Gasteiger partial charge in [-0.15, -0.1) is 5.10 Å². The fourth-order valence-corrected chi connectivity index (χ4v) is 3.23. The molecule has 0 aliphatic carbocycles. The molecule has 1 N–H and O–H groups in total. The number of aromatic nitrogens is 3. The van der Waals surface area contributed by atoms with Crippen molar-refractivity contribution in [2.24, 2.45) is 0 Å². The molecule has 0 atom stereocenters. The molecule has 0 saturated carbocycles. The van der Waals surface area contributed by atoms with Crippen LogP contribution >= 0.6 is 11.6 Å². The Morgan fingerprint density at radius 3 is 2.45 bits per heavy atom. The highest BCUT2D eigenvalue weighted by molar-refractivity contribution is 6.31. The van der Waals surface area contributed by atoms with Gasteiger partial charge in [0.05, 0.1) is 0 Å². The van der Waals surface area contributed by atoms with Crippen molar-refractivity contribution in [1.82, 2.24) is 14.8 Å². The van der Waals surface area contributed by atoms with Crippen molar-refractivity contribution in [2.75, 3.05) is 5.32 Å². The third kappa shape index (κ3) is 5.08. The quantitative estimate of drug-likeness (QED) is 0.390. The monoisotopic (exact) mass is 428 g/mol. The van der Waals surface area contributed by atoms with E-state index in [1.165, 1.54) is 10.8 Å². The molecule has 0 saturated heterocycles. The third-order valence-corrected chi connectivity index (χ3v) is 5.11. The number of rotatable bonds is 6. The first-order valence-electron chi connectivity index (χ1n) is 9.89. The number of benzene rings is 3. The SMILES string of the molecule is Cc1ccc(-c2nc(NCc3ccccc3Cl)n(C(=O)C=Cc3ccccc3)n2)cc1. The van der Waals surface area contributed by atoms with Crippen LogP contribution in [0.15, 0.2) is 84.9 Å². The van der Waals surface area contributed by atoms with Crippen LogP contribution in [0.25, 0.3) is 17.5 Å². The summed E-state index contributed by atoms with van der Waals surface area (Å²) >= 11 is 6.27. The zero-order valence-electron chi connectivity index (χ0n) is 17.0. The summed E-state index contributed by atoms with van der Waals surface area (Å²) < 4.78 is 1.28. The zero-order chi connectivity index (χ0) is 21.6. The molecule has 0 fully saturated rings. The van der Waals surface area contributed by atoms with Crippen LogP contribution in [0.3, 0.4) is 0 Å². The molecule has 0 radical (unpaired) electrons. The van der Waals surface area contributed by atoms with Crippen molar-refractivity contribution in [3.8, 4) is 11.4 Å². The number of aryl methyl sites for hydroxylation is 1. The van der Waals surface area contributed by atoms with Crippen molar-refractivity contribution >= 4 is 29.5 Å². The molecule has 31 heavy (non-hydrogen) atoms. The summed E-state index contributed by atoms with van der Waals surface area (Å²) in [5, 5.41) is 8.32. The number of nitrogens with zero attached hydrogens (tertiary/aromatic N) is 3. The van der Waals surface area contributed by atoms with Gasteiger partial charge < -0.3 is 5.32 Å². The molecule has 1 aromatic heterocycles. The van der Waals surface area contributed by atoms with E-state index in [0.717, 1.165) is 22.3 Å². The second kappa shape index (κ2) is 9.41. The van der Waals surface area contributed by atoms with Crippen LogP contribution in [0.4, 0.5) is 5.95 Å². The molecule has 0 aliphatic heterocycles. The Bertz CT molecular complexity index is 1210. The number of halogens is 1. The van der Waals surface area contributed by atoms with E-state index in [1.54, 1.807) is 6.08 Å². The average molecular weight is 429 g/mol. The van der Waals surface area contributed by atoms with Crippen LogP contribution in [0.1, 0.15) is 21.5 Å². The highest BCUT2D eigenvalue weighted by Gasteiger charge is 2.16. The van der Waals surface area contributed by atoms with Crippen LogP contribution in [0.5, 0.6) is 0 Å². The Labute approximate surface area is 186 Å². The van der Waals surface area contributed by atoms with E-state index < -0.39 is 0 Å². The van der Waals surface area contributed by atoms with Gasteiger partial charge in [-0.25, -0.2) is 0 Å². The Balaban J connectivity index is 1.64. The number of carbonyl (C=O) groups is 1. The number of allylic oxidation sites excluding steroid dienone is 1.